The van der Waals surface area contributed by atoms with Crippen molar-refractivity contribution in [2.24, 2.45) is 0 Å². The van der Waals surface area contributed by atoms with E-state index in [1.54, 1.807) is 30.1 Å². The van der Waals surface area contributed by atoms with Crippen LogP contribution in [0.3, 0.4) is 0 Å². The van der Waals surface area contributed by atoms with Gasteiger partial charge in [-0.3, -0.25) is 4.79 Å². The number of carbonyl (C=O) groups is 1. The fraction of sp³-hybridized carbons (Fsp3) is 0.375. The van der Waals surface area contributed by atoms with E-state index in [1.807, 2.05) is 13.0 Å². The van der Waals surface area contributed by atoms with E-state index in [4.69, 9.17) is 10.4 Å². The van der Waals surface area contributed by atoms with Gasteiger partial charge in [0.1, 0.15) is 0 Å². The number of aliphatic hydroxyl groups is 1. The summed E-state index contributed by atoms with van der Waals surface area (Å²) in [6, 6.07) is 8.98. The molecule has 0 heterocycles. The van der Waals surface area contributed by atoms with Crippen molar-refractivity contribution in [2.45, 2.75) is 25.8 Å². The molecule has 0 aliphatic heterocycles. The van der Waals surface area contributed by atoms with Crippen molar-refractivity contribution in [1.82, 2.24) is 4.90 Å². The lowest BCUT2D eigenvalue weighted by atomic mass is 10.1. The fourth-order valence-electron chi connectivity index (χ4n) is 1.62. The van der Waals surface area contributed by atoms with Crippen molar-refractivity contribution in [3.63, 3.8) is 0 Å². The summed E-state index contributed by atoms with van der Waals surface area (Å²) in [6.07, 6.45) is 0.718. The molecule has 1 aromatic carbocycles. The van der Waals surface area contributed by atoms with Crippen molar-refractivity contribution in [2.75, 3.05) is 13.7 Å². The van der Waals surface area contributed by atoms with Gasteiger partial charge >= 0.3 is 0 Å². The molecule has 0 saturated carbocycles. The van der Waals surface area contributed by atoms with Gasteiger partial charge in [-0.1, -0.05) is 17.9 Å². The summed E-state index contributed by atoms with van der Waals surface area (Å²) in [6.45, 7) is 1.87. The molecule has 0 radical (unpaired) electrons. The highest BCUT2D eigenvalue weighted by Crippen LogP contribution is 2.10. The Balaban J connectivity index is 2.87. The van der Waals surface area contributed by atoms with Crippen LogP contribution in [-0.2, 0) is 0 Å². The van der Waals surface area contributed by atoms with Crippen molar-refractivity contribution in [1.29, 1.82) is 5.26 Å². The topological polar surface area (TPSA) is 64.3 Å². The number of nitrogens with zero attached hydrogens (tertiary/aromatic N) is 2. The number of hydrogen-bond acceptors (Lipinski definition) is 3. The molecule has 1 N–H and O–H groups in total. The third-order valence-electron chi connectivity index (χ3n) is 2.95. The van der Waals surface area contributed by atoms with Crippen LogP contribution in [0, 0.1) is 23.2 Å². The number of carbonyl (C=O) groups excluding carboxylic acids is 1. The smallest absolute Gasteiger partial charge is 0.253 e. The zero-order valence-electron chi connectivity index (χ0n) is 11.8. The highest BCUT2D eigenvalue weighted by Gasteiger charge is 2.17. The quantitative estimate of drug-likeness (QED) is 0.848. The Kier molecular flexibility index (Phi) is 6.29. The highest BCUT2D eigenvalue weighted by atomic mass is 16.2. The van der Waals surface area contributed by atoms with Crippen LogP contribution >= 0.6 is 0 Å². The molecule has 0 spiro atoms. The third kappa shape index (κ3) is 4.42. The predicted octanol–water partition coefficient (Wildman–Crippen LogP) is 1.79. The molecule has 1 amide bonds. The Bertz CT molecular complexity index is 564. The van der Waals surface area contributed by atoms with E-state index in [0.29, 0.717) is 18.4 Å². The van der Waals surface area contributed by atoms with E-state index in [0.717, 1.165) is 5.56 Å². The standard InChI is InChI=1S/C16H18N2O2/c1-13(9-10-17)18(2)16(20)15-8-5-7-14(12-15)6-3-4-11-19/h5,7-8,12-13,19H,4,9,11H2,1-2H3. The number of amides is 1. The van der Waals surface area contributed by atoms with E-state index in [-0.39, 0.29) is 18.6 Å². The SMILES string of the molecule is CC(CC#N)N(C)C(=O)c1cccc(C#CCCO)c1. The number of rotatable bonds is 4. The average molecular weight is 270 g/mol. The first kappa shape index (κ1) is 15.8. The molecule has 4 heteroatoms. The number of hydrogen-bond donors (Lipinski definition) is 1. The molecular weight excluding hydrogens is 252 g/mol. The zero-order valence-corrected chi connectivity index (χ0v) is 11.8. The summed E-state index contributed by atoms with van der Waals surface area (Å²) in [5.41, 5.74) is 1.29. The first-order valence-electron chi connectivity index (χ1n) is 6.44. The summed E-state index contributed by atoms with van der Waals surface area (Å²) in [7, 11) is 1.69. The van der Waals surface area contributed by atoms with Gasteiger partial charge in [0.25, 0.3) is 5.91 Å². The van der Waals surface area contributed by atoms with Crippen LogP contribution in [0.5, 0.6) is 0 Å². The van der Waals surface area contributed by atoms with E-state index < -0.39 is 0 Å². The van der Waals surface area contributed by atoms with Gasteiger partial charge in [-0.2, -0.15) is 5.26 Å². The first-order chi connectivity index (χ1) is 9.60. The molecule has 1 atom stereocenters. The number of nitriles is 1. The second kappa shape index (κ2) is 7.99. The van der Waals surface area contributed by atoms with Gasteiger partial charge in [0.15, 0.2) is 0 Å². The maximum atomic E-state index is 12.3. The molecule has 104 valence electrons. The molecule has 0 aromatic heterocycles. The van der Waals surface area contributed by atoms with Crippen molar-refractivity contribution in [3.05, 3.63) is 35.4 Å². The summed E-state index contributed by atoms with van der Waals surface area (Å²) < 4.78 is 0. The van der Waals surface area contributed by atoms with Crippen LogP contribution in [0.2, 0.25) is 0 Å². The van der Waals surface area contributed by atoms with Crippen molar-refractivity contribution < 1.29 is 9.90 Å². The Hall–Kier alpha value is -2.30. The normalized spacial score (nSPS) is 10.9. The van der Waals surface area contributed by atoms with E-state index >= 15 is 0 Å². The van der Waals surface area contributed by atoms with Crippen molar-refractivity contribution in [3.8, 4) is 17.9 Å². The summed E-state index contributed by atoms with van der Waals surface area (Å²) in [5, 5.41) is 17.4. The molecular formula is C16H18N2O2. The highest BCUT2D eigenvalue weighted by molar-refractivity contribution is 5.94. The molecule has 20 heavy (non-hydrogen) atoms. The van der Waals surface area contributed by atoms with Gasteiger partial charge in [-0.15, -0.1) is 0 Å². The van der Waals surface area contributed by atoms with Gasteiger partial charge in [0.05, 0.1) is 19.1 Å². The van der Waals surface area contributed by atoms with Gasteiger partial charge in [0.2, 0.25) is 0 Å². The molecule has 0 fully saturated rings. The van der Waals surface area contributed by atoms with Crippen LogP contribution in [0.1, 0.15) is 35.7 Å². The molecule has 1 unspecified atom stereocenters. The summed E-state index contributed by atoms with van der Waals surface area (Å²) in [4.78, 5) is 13.8. The average Bonchev–Trinajstić information content (AvgIpc) is 2.46. The van der Waals surface area contributed by atoms with Gasteiger partial charge in [-0.25, -0.2) is 0 Å². The molecule has 0 saturated heterocycles. The Morgan fingerprint density at radius 2 is 2.25 bits per heavy atom. The van der Waals surface area contributed by atoms with E-state index in [1.165, 1.54) is 0 Å². The van der Waals surface area contributed by atoms with Gasteiger partial charge < -0.3 is 10.0 Å². The molecule has 1 aromatic rings. The maximum Gasteiger partial charge on any atom is 0.253 e. The van der Waals surface area contributed by atoms with Crippen LogP contribution in [0.15, 0.2) is 24.3 Å². The largest absolute Gasteiger partial charge is 0.395 e. The zero-order chi connectivity index (χ0) is 15.0. The van der Waals surface area contributed by atoms with Crippen LogP contribution in [-0.4, -0.2) is 35.6 Å². The van der Waals surface area contributed by atoms with E-state index in [2.05, 4.69) is 17.9 Å². The summed E-state index contributed by atoms with van der Waals surface area (Å²) >= 11 is 0. The third-order valence-corrected chi connectivity index (χ3v) is 2.95. The summed E-state index contributed by atoms with van der Waals surface area (Å²) in [5.74, 6) is 5.60. The lowest BCUT2D eigenvalue weighted by Gasteiger charge is -2.23. The molecule has 0 aliphatic carbocycles. The Morgan fingerprint density at radius 3 is 2.90 bits per heavy atom. The molecule has 4 nitrogen and oxygen atoms in total. The second-order valence-electron chi connectivity index (χ2n) is 4.48. The minimum absolute atomic E-state index is 0.0278. The van der Waals surface area contributed by atoms with Crippen molar-refractivity contribution >= 4 is 5.91 Å². The lowest BCUT2D eigenvalue weighted by Crippen LogP contribution is -2.34. The molecule has 0 aliphatic rings. The van der Waals surface area contributed by atoms with E-state index in [9.17, 15) is 4.79 Å². The Labute approximate surface area is 119 Å². The minimum atomic E-state index is -0.128. The van der Waals surface area contributed by atoms with Crippen LogP contribution in [0.25, 0.3) is 0 Å². The monoisotopic (exact) mass is 270 g/mol. The van der Waals surface area contributed by atoms with Crippen LogP contribution in [0.4, 0.5) is 0 Å². The predicted molar refractivity (Wildman–Crippen MR) is 76.8 cm³/mol. The van der Waals surface area contributed by atoms with Gasteiger partial charge in [-0.05, 0) is 25.1 Å². The number of aliphatic hydroxyl groups excluding tert-OH is 1. The minimum Gasteiger partial charge on any atom is -0.395 e. The van der Waals surface area contributed by atoms with Gasteiger partial charge in [0, 0.05) is 30.6 Å². The number of benzene rings is 1. The Morgan fingerprint density at radius 1 is 1.50 bits per heavy atom. The molecule has 0 bridgehead atoms. The second-order valence-corrected chi connectivity index (χ2v) is 4.48. The maximum absolute atomic E-state index is 12.3. The molecule has 1 rings (SSSR count). The first-order valence-corrected chi connectivity index (χ1v) is 6.44. The fourth-order valence-corrected chi connectivity index (χ4v) is 1.62. The van der Waals surface area contributed by atoms with Crippen LogP contribution < -0.4 is 0 Å². The lowest BCUT2D eigenvalue weighted by molar-refractivity contribution is 0.0746.